The molecule has 0 unspecified atom stereocenters. The molecule has 0 aliphatic heterocycles. The largest absolute Gasteiger partial charge is 0.349 e. The molecule has 5 heteroatoms. The summed E-state index contributed by atoms with van der Waals surface area (Å²) in [6.07, 6.45) is 0.337. The lowest BCUT2D eigenvalue weighted by atomic mass is 10.4. The van der Waals surface area contributed by atoms with E-state index in [1.54, 1.807) is 14.1 Å². The van der Waals surface area contributed by atoms with Crippen LogP contribution in [0, 0.1) is 0 Å². The lowest BCUT2D eigenvalue weighted by Crippen LogP contribution is -2.37. The first kappa shape index (κ1) is 11.7. The smallest absolute Gasteiger partial charge is 0.314 e. The molecule has 0 heterocycles. The van der Waals surface area contributed by atoms with Crippen molar-refractivity contribution < 1.29 is 9.59 Å². The second-order valence-electron chi connectivity index (χ2n) is 2.82. The molecule has 2 N–H and O–H groups in total. The van der Waals surface area contributed by atoms with Crippen molar-refractivity contribution in [2.24, 2.45) is 0 Å². The minimum atomic E-state index is -0.228. The molecular weight excluding hydrogens is 170 g/mol. The molecule has 0 saturated heterocycles. The average molecular weight is 187 g/mol. The monoisotopic (exact) mass is 187 g/mol. The SMILES string of the molecule is CCNC(=O)NCCC(=O)N(C)C. The van der Waals surface area contributed by atoms with E-state index in [2.05, 4.69) is 10.6 Å². The van der Waals surface area contributed by atoms with Crippen LogP contribution in [-0.4, -0.2) is 44.0 Å². The number of hydrogen-bond donors (Lipinski definition) is 2. The Morgan fingerprint density at radius 3 is 2.31 bits per heavy atom. The van der Waals surface area contributed by atoms with Gasteiger partial charge in [-0.15, -0.1) is 0 Å². The first-order chi connectivity index (χ1) is 6.07. The van der Waals surface area contributed by atoms with Crippen LogP contribution in [-0.2, 0) is 4.79 Å². The van der Waals surface area contributed by atoms with Gasteiger partial charge < -0.3 is 15.5 Å². The predicted molar refractivity (Wildman–Crippen MR) is 50.4 cm³/mol. The van der Waals surface area contributed by atoms with E-state index < -0.39 is 0 Å². The van der Waals surface area contributed by atoms with Gasteiger partial charge in [0.2, 0.25) is 5.91 Å². The molecule has 0 radical (unpaired) electrons. The predicted octanol–water partition coefficient (Wildman–Crippen LogP) is -0.216. The zero-order valence-electron chi connectivity index (χ0n) is 8.39. The zero-order valence-corrected chi connectivity index (χ0v) is 8.39. The summed E-state index contributed by atoms with van der Waals surface area (Å²) >= 11 is 0. The van der Waals surface area contributed by atoms with Gasteiger partial charge in [-0.3, -0.25) is 4.79 Å². The Kier molecular flexibility index (Phi) is 5.67. The fourth-order valence-corrected chi connectivity index (χ4v) is 0.730. The first-order valence-electron chi connectivity index (χ1n) is 4.29. The van der Waals surface area contributed by atoms with Crippen LogP contribution in [0.4, 0.5) is 4.79 Å². The van der Waals surface area contributed by atoms with Crippen molar-refractivity contribution in [2.75, 3.05) is 27.2 Å². The molecule has 0 spiro atoms. The lowest BCUT2D eigenvalue weighted by Gasteiger charge is -2.10. The Balaban J connectivity index is 3.45. The molecule has 0 aliphatic carbocycles. The van der Waals surface area contributed by atoms with Crippen molar-refractivity contribution in [1.82, 2.24) is 15.5 Å². The highest BCUT2D eigenvalue weighted by Crippen LogP contribution is 1.84. The van der Waals surface area contributed by atoms with E-state index in [9.17, 15) is 9.59 Å². The van der Waals surface area contributed by atoms with Crippen LogP contribution in [0.15, 0.2) is 0 Å². The van der Waals surface area contributed by atoms with Gasteiger partial charge in [0.15, 0.2) is 0 Å². The molecule has 0 bridgehead atoms. The molecule has 0 aliphatic rings. The summed E-state index contributed by atoms with van der Waals surface area (Å²) in [6.45, 7) is 2.81. The van der Waals surface area contributed by atoms with Crippen LogP contribution in [0.5, 0.6) is 0 Å². The number of hydrogen-bond acceptors (Lipinski definition) is 2. The topological polar surface area (TPSA) is 61.4 Å². The fraction of sp³-hybridized carbons (Fsp3) is 0.750. The van der Waals surface area contributed by atoms with Gasteiger partial charge in [-0.05, 0) is 6.92 Å². The molecule has 0 aromatic rings. The van der Waals surface area contributed by atoms with Gasteiger partial charge in [0, 0.05) is 33.6 Å². The Morgan fingerprint density at radius 2 is 1.85 bits per heavy atom. The van der Waals surface area contributed by atoms with Crippen molar-refractivity contribution >= 4 is 11.9 Å². The van der Waals surface area contributed by atoms with Crippen LogP contribution >= 0.6 is 0 Å². The lowest BCUT2D eigenvalue weighted by molar-refractivity contribution is -0.128. The van der Waals surface area contributed by atoms with Crippen molar-refractivity contribution in [3.8, 4) is 0 Å². The molecule has 5 nitrogen and oxygen atoms in total. The third-order valence-electron chi connectivity index (χ3n) is 1.46. The summed E-state index contributed by atoms with van der Waals surface area (Å²) in [5.41, 5.74) is 0. The van der Waals surface area contributed by atoms with Crippen LogP contribution < -0.4 is 10.6 Å². The second-order valence-corrected chi connectivity index (χ2v) is 2.82. The van der Waals surface area contributed by atoms with Crippen molar-refractivity contribution in [3.05, 3.63) is 0 Å². The number of urea groups is 1. The van der Waals surface area contributed by atoms with Crippen molar-refractivity contribution in [3.63, 3.8) is 0 Å². The van der Waals surface area contributed by atoms with E-state index in [-0.39, 0.29) is 11.9 Å². The van der Waals surface area contributed by atoms with Crippen LogP contribution in [0.3, 0.4) is 0 Å². The highest BCUT2D eigenvalue weighted by atomic mass is 16.2. The molecule has 13 heavy (non-hydrogen) atoms. The van der Waals surface area contributed by atoms with Gasteiger partial charge in [0.25, 0.3) is 0 Å². The van der Waals surface area contributed by atoms with Gasteiger partial charge in [-0.1, -0.05) is 0 Å². The molecule has 0 aromatic heterocycles. The normalized spacial score (nSPS) is 9.15. The summed E-state index contributed by atoms with van der Waals surface area (Å²) in [7, 11) is 3.38. The fourth-order valence-electron chi connectivity index (χ4n) is 0.730. The maximum absolute atomic E-state index is 11.0. The Labute approximate surface area is 78.5 Å². The van der Waals surface area contributed by atoms with Crippen LogP contribution in [0.25, 0.3) is 0 Å². The number of rotatable bonds is 4. The van der Waals surface area contributed by atoms with E-state index in [1.807, 2.05) is 6.92 Å². The van der Waals surface area contributed by atoms with Gasteiger partial charge in [-0.25, -0.2) is 4.79 Å². The maximum atomic E-state index is 11.0. The van der Waals surface area contributed by atoms with Gasteiger partial charge in [0.05, 0.1) is 0 Å². The quantitative estimate of drug-likeness (QED) is 0.639. The molecule has 76 valence electrons. The van der Waals surface area contributed by atoms with Crippen molar-refractivity contribution in [1.29, 1.82) is 0 Å². The number of carbonyl (C=O) groups is 2. The molecule has 0 saturated carbocycles. The molecule has 0 fully saturated rings. The van der Waals surface area contributed by atoms with Crippen molar-refractivity contribution in [2.45, 2.75) is 13.3 Å². The molecule has 0 atom stereocenters. The number of amides is 3. The zero-order chi connectivity index (χ0) is 10.3. The number of nitrogens with one attached hydrogen (secondary N) is 2. The molecule has 0 aromatic carbocycles. The van der Waals surface area contributed by atoms with Crippen LogP contribution in [0.2, 0.25) is 0 Å². The number of nitrogens with zero attached hydrogens (tertiary/aromatic N) is 1. The van der Waals surface area contributed by atoms with E-state index in [4.69, 9.17) is 0 Å². The second kappa shape index (κ2) is 6.28. The third kappa shape index (κ3) is 5.95. The standard InChI is InChI=1S/C8H17N3O2/c1-4-9-8(13)10-6-5-7(12)11(2)3/h4-6H2,1-3H3,(H2,9,10,13). The summed E-state index contributed by atoms with van der Waals surface area (Å²) in [5, 5.41) is 5.15. The number of carbonyl (C=O) groups excluding carboxylic acids is 2. The molecular formula is C8H17N3O2. The van der Waals surface area contributed by atoms with Gasteiger partial charge in [-0.2, -0.15) is 0 Å². The molecule has 3 amide bonds. The van der Waals surface area contributed by atoms with Crippen LogP contribution in [0.1, 0.15) is 13.3 Å². The minimum absolute atomic E-state index is 0.0109. The van der Waals surface area contributed by atoms with E-state index in [0.29, 0.717) is 19.5 Å². The Bertz CT molecular complexity index is 180. The van der Waals surface area contributed by atoms with E-state index in [0.717, 1.165) is 0 Å². The Hall–Kier alpha value is -1.26. The van der Waals surface area contributed by atoms with E-state index >= 15 is 0 Å². The summed E-state index contributed by atoms with van der Waals surface area (Å²) in [5.74, 6) is 0.0109. The summed E-state index contributed by atoms with van der Waals surface area (Å²) < 4.78 is 0. The summed E-state index contributed by atoms with van der Waals surface area (Å²) in [4.78, 5) is 23.4. The average Bonchev–Trinajstić information content (AvgIpc) is 2.04. The van der Waals surface area contributed by atoms with E-state index in [1.165, 1.54) is 4.90 Å². The maximum Gasteiger partial charge on any atom is 0.314 e. The minimum Gasteiger partial charge on any atom is -0.349 e. The Morgan fingerprint density at radius 1 is 1.23 bits per heavy atom. The van der Waals surface area contributed by atoms with Gasteiger partial charge in [0.1, 0.15) is 0 Å². The molecule has 0 rings (SSSR count). The first-order valence-corrected chi connectivity index (χ1v) is 4.29. The highest BCUT2D eigenvalue weighted by Gasteiger charge is 2.03. The third-order valence-corrected chi connectivity index (χ3v) is 1.46. The highest BCUT2D eigenvalue weighted by molar-refractivity contribution is 5.77. The van der Waals surface area contributed by atoms with Gasteiger partial charge >= 0.3 is 6.03 Å². The summed E-state index contributed by atoms with van der Waals surface area (Å²) in [6, 6.07) is -0.228.